The second kappa shape index (κ2) is 9.12. The van der Waals surface area contributed by atoms with Crippen LogP contribution in [0.25, 0.3) is 0 Å². The first kappa shape index (κ1) is 14.1. The summed E-state index contributed by atoms with van der Waals surface area (Å²) < 4.78 is 0. The zero-order valence-corrected chi connectivity index (χ0v) is 11.6. The molecule has 1 nitrogen and oxygen atoms in total. The van der Waals surface area contributed by atoms with E-state index in [4.69, 9.17) is 0 Å². The smallest absolute Gasteiger partial charge is 0.0598 e. The molecule has 0 bridgehead atoms. The van der Waals surface area contributed by atoms with Crippen LogP contribution in [0.15, 0.2) is 12.0 Å². The summed E-state index contributed by atoms with van der Waals surface area (Å²) in [6.07, 6.45) is 11.1. The van der Waals surface area contributed by atoms with Gasteiger partial charge >= 0.3 is 0 Å². The highest BCUT2D eigenvalue weighted by atomic mass is 32.2. The molecule has 16 heavy (non-hydrogen) atoms. The minimum atomic E-state index is 0.710. The van der Waals surface area contributed by atoms with Gasteiger partial charge in [-0.2, -0.15) is 0 Å². The van der Waals surface area contributed by atoms with E-state index in [0.717, 1.165) is 0 Å². The van der Waals surface area contributed by atoms with Crippen molar-refractivity contribution < 1.29 is 0 Å². The molecule has 1 fully saturated rings. The Morgan fingerprint density at radius 2 is 1.88 bits per heavy atom. The number of thioether (sulfide) groups is 1. The molecular formula is C14H27NS. The summed E-state index contributed by atoms with van der Waals surface area (Å²) in [6, 6.07) is 0. The molecule has 0 aromatic heterocycles. The number of hydrogen-bond donors (Lipinski definition) is 0. The summed E-state index contributed by atoms with van der Waals surface area (Å²) >= 11 is 1.93. The quantitative estimate of drug-likeness (QED) is 0.541. The summed E-state index contributed by atoms with van der Waals surface area (Å²) in [4.78, 5) is 2.65. The Balaban J connectivity index is 2.14. The number of nitrogens with zero attached hydrogens (tertiary/aromatic N) is 1. The molecule has 0 amide bonds. The van der Waals surface area contributed by atoms with Crippen molar-refractivity contribution in [3.8, 4) is 0 Å². The molecule has 1 unspecified atom stereocenters. The summed E-state index contributed by atoms with van der Waals surface area (Å²) in [6.45, 7) is 8.76. The van der Waals surface area contributed by atoms with Crippen molar-refractivity contribution >= 4 is 11.8 Å². The van der Waals surface area contributed by atoms with E-state index in [2.05, 4.69) is 18.4 Å². The monoisotopic (exact) mass is 241 g/mol. The van der Waals surface area contributed by atoms with Crippen LogP contribution in [0.5, 0.6) is 0 Å². The summed E-state index contributed by atoms with van der Waals surface area (Å²) in [5.41, 5.74) is 0. The van der Waals surface area contributed by atoms with Gasteiger partial charge in [-0.1, -0.05) is 45.6 Å². The molecule has 1 saturated heterocycles. The van der Waals surface area contributed by atoms with Crippen LogP contribution < -0.4 is 0 Å². The van der Waals surface area contributed by atoms with Crippen LogP contribution in [0.1, 0.15) is 58.3 Å². The Labute approximate surface area is 106 Å². The third kappa shape index (κ3) is 5.40. The van der Waals surface area contributed by atoms with Crippen molar-refractivity contribution in [2.45, 2.75) is 63.7 Å². The summed E-state index contributed by atoms with van der Waals surface area (Å²) in [5.74, 6) is 0. The molecular weight excluding hydrogens is 214 g/mol. The minimum Gasteiger partial charge on any atom is -0.291 e. The van der Waals surface area contributed by atoms with Crippen molar-refractivity contribution in [2.75, 3.05) is 13.1 Å². The molecule has 1 atom stereocenters. The standard InChI is InChI=1S/C14H27NS/c1-3-5-6-7-8-11-14(16-4-2)15-12-9-10-13-15/h4,14H,2-3,5-13H2,1H3. The van der Waals surface area contributed by atoms with E-state index in [1.165, 1.54) is 64.5 Å². The van der Waals surface area contributed by atoms with Crippen LogP contribution in [-0.2, 0) is 0 Å². The van der Waals surface area contributed by atoms with Gasteiger partial charge in [-0.25, -0.2) is 0 Å². The zero-order chi connectivity index (χ0) is 11.6. The predicted molar refractivity (Wildman–Crippen MR) is 75.8 cm³/mol. The third-order valence-corrected chi connectivity index (χ3v) is 4.40. The molecule has 0 N–H and O–H groups in total. The van der Waals surface area contributed by atoms with Gasteiger partial charge in [-0.3, -0.25) is 4.90 Å². The van der Waals surface area contributed by atoms with Crippen LogP contribution in [0.4, 0.5) is 0 Å². The number of likely N-dealkylation sites (tertiary alicyclic amines) is 1. The molecule has 0 spiro atoms. The number of rotatable bonds is 9. The highest BCUT2D eigenvalue weighted by Gasteiger charge is 2.20. The molecule has 0 aromatic rings. The lowest BCUT2D eigenvalue weighted by molar-refractivity contribution is 0.300. The molecule has 0 radical (unpaired) electrons. The molecule has 1 rings (SSSR count). The van der Waals surface area contributed by atoms with Crippen molar-refractivity contribution in [1.29, 1.82) is 0 Å². The SMILES string of the molecule is C=CSC(CCCCCCC)N1CCCC1. The molecule has 1 aliphatic heterocycles. The summed E-state index contributed by atoms with van der Waals surface area (Å²) in [5, 5.41) is 2.73. The maximum absolute atomic E-state index is 3.87. The second-order valence-corrected chi connectivity index (χ2v) is 5.85. The zero-order valence-electron chi connectivity index (χ0n) is 10.8. The fourth-order valence-electron chi connectivity index (χ4n) is 2.40. The average molecular weight is 241 g/mol. The van der Waals surface area contributed by atoms with E-state index in [1.54, 1.807) is 0 Å². The Morgan fingerprint density at radius 3 is 2.50 bits per heavy atom. The third-order valence-electron chi connectivity index (χ3n) is 3.36. The number of unbranched alkanes of at least 4 members (excludes halogenated alkanes) is 4. The van der Waals surface area contributed by atoms with Gasteiger partial charge in [-0.15, -0.1) is 11.8 Å². The van der Waals surface area contributed by atoms with Crippen LogP contribution in [-0.4, -0.2) is 23.4 Å². The first-order valence-electron chi connectivity index (χ1n) is 6.89. The van der Waals surface area contributed by atoms with Crippen LogP contribution in [0, 0.1) is 0 Å². The first-order chi connectivity index (χ1) is 7.88. The lowest BCUT2D eigenvalue weighted by Crippen LogP contribution is -2.29. The van der Waals surface area contributed by atoms with Gasteiger partial charge in [0.2, 0.25) is 0 Å². The van der Waals surface area contributed by atoms with Crippen molar-refractivity contribution in [1.82, 2.24) is 4.90 Å². The van der Waals surface area contributed by atoms with Gasteiger partial charge in [0.1, 0.15) is 0 Å². The van der Waals surface area contributed by atoms with Gasteiger partial charge < -0.3 is 0 Å². The van der Waals surface area contributed by atoms with Gasteiger partial charge in [0, 0.05) is 0 Å². The van der Waals surface area contributed by atoms with Crippen LogP contribution in [0.3, 0.4) is 0 Å². The van der Waals surface area contributed by atoms with E-state index < -0.39 is 0 Å². The Hall–Kier alpha value is 0.0500. The fraction of sp³-hybridized carbons (Fsp3) is 0.857. The lowest BCUT2D eigenvalue weighted by atomic mass is 10.1. The van der Waals surface area contributed by atoms with E-state index in [-0.39, 0.29) is 0 Å². The highest BCUT2D eigenvalue weighted by Crippen LogP contribution is 2.26. The Bertz CT molecular complexity index is 176. The van der Waals surface area contributed by atoms with E-state index in [9.17, 15) is 0 Å². The van der Waals surface area contributed by atoms with Gasteiger partial charge in [-0.05, 0) is 37.8 Å². The summed E-state index contributed by atoms with van der Waals surface area (Å²) in [7, 11) is 0. The molecule has 1 heterocycles. The topological polar surface area (TPSA) is 3.24 Å². The average Bonchev–Trinajstić information content (AvgIpc) is 2.81. The van der Waals surface area contributed by atoms with E-state index in [1.807, 2.05) is 17.2 Å². The molecule has 0 saturated carbocycles. The van der Waals surface area contributed by atoms with Gasteiger partial charge in [0.05, 0.1) is 5.37 Å². The molecule has 94 valence electrons. The van der Waals surface area contributed by atoms with Crippen LogP contribution >= 0.6 is 11.8 Å². The largest absolute Gasteiger partial charge is 0.291 e. The van der Waals surface area contributed by atoms with E-state index >= 15 is 0 Å². The van der Waals surface area contributed by atoms with Gasteiger partial charge in [0.15, 0.2) is 0 Å². The molecule has 2 heteroatoms. The normalized spacial score (nSPS) is 18.8. The van der Waals surface area contributed by atoms with Crippen molar-refractivity contribution in [3.63, 3.8) is 0 Å². The van der Waals surface area contributed by atoms with E-state index in [0.29, 0.717) is 5.37 Å². The lowest BCUT2D eigenvalue weighted by Gasteiger charge is -2.25. The fourth-order valence-corrected chi connectivity index (χ4v) is 3.31. The molecule has 0 aromatic carbocycles. The van der Waals surface area contributed by atoms with Gasteiger partial charge in [0.25, 0.3) is 0 Å². The van der Waals surface area contributed by atoms with Crippen molar-refractivity contribution in [3.05, 3.63) is 12.0 Å². The first-order valence-corrected chi connectivity index (χ1v) is 7.83. The second-order valence-electron chi connectivity index (χ2n) is 4.70. The number of hydrogen-bond acceptors (Lipinski definition) is 2. The molecule has 0 aliphatic carbocycles. The Kier molecular flexibility index (Phi) is 8.04. The predicted octanol–water partition coefficient (Wildman–Crippen LogP) is 4.65. The maximum Gasteiger partial charge on any atom is 0.0598 e. The highest BCUT2D eigenvalue weighted by molar-refractivity contribution is 8.02. The van der Waals surface area contributed by atoms with Crippen molar-refractivity contribution in [2.24, 2.45) is 0 Å². The van der Waals surface area contributed by atoms with Crippen LogP contribution in [0.2, 0.25) is 0 Å². The minimum absolute atomic E-state index is 0.710. The Morgan fingerprint density at radius 1 is 1.19 bits per heavy atom. The molecule has 1 aliphatic rings. The maximum atomic E-state index is 3.87.